The van der Waals surface area contributed by atoms with Crippen LogP contribution in [0.1, 0.15) is 12.0 Å². The molecule has 0 radical (unpaired) electrons. The Morgan fingerprint density at radius 3 is 2.57 bits per heavy atom. The zero-order chi connectivity index (χ0) is 16.4. The molecule has 1 aromatic rings. The van der Waals surface area contributed by atoms with E-state index in [4.69, 9.17) is 14.2 Å². The molecular formula is C16H18BrNO5. The van der Waals surface area contributed by atoms with Crippen molar-refractivity contribution < 1.29 is 23.8 Å². The maximum Gasteiger partial charge on any atom is 0.328 e. The topological polar surface area (TPSA) is 65.1 Å². The third-order valence-corrected chi connectivity index (χ3v) is 4.70. The number of likely N-dealkylation sites (tertiary alicyclic amines) is 1. The molecule has 23 heavy (non-hydrogen) atoms. The number of amides is 1. The minimum Gasteiger partial charge on any atom is -0.467 e. The first kappa shape index (κ1) is 16.4. The van der Waals surface area contributed by atoms with Gasteiger partial charge in [0, 0.05) is 10.9 Å². The monoisotopic (exact) mass is 383 g/mol. The summed E-state index contributed by atoms with van der Waals surface area (Å²) in [7, 11) is 1.32. The van der Waals surface area contributed by atoms with E-state index in [0.29, 0.717) is 19.6 Å². The van der Waals surface area contributed by atoms with E-state index in [1.54, 1.807) is 0 Å². The van der Waals surface area contributed by atoms with Crippen molar-refractivity contribution in [2.24, 2.45) is 0 Å². The van der Waals surface area contributed by atoms with Gasteiger partial charge < -0.3 is 19.1 Å². The molecule has 2 fully saturated rings. The van der Waals surface area contributed by atoms with Crippen LogP contribution in [0, 0.1) is 0 Å². The molecule has 6 nitrogen and oxygen atoms in total. The predicted molar refractivity (Wildman–Crippen MR) is 84.6 cm³/mol. The number of methoxy groups -OCH3 is 1. The highest BCUT2D eigenvalue weighted by Crippen LogP contribution is 2.35. The molecule has 3 rings (SSSR count). The van der Waals surface area contributed by atoms with Gasteiger partial charge in [-0.3, -0.25) is 4.79 Å². The second kappa shape index (κ2) is 6.59. The number of carbonyl (C=O) groups is 2. The summed E-state index contributed by atoms with van der Waals surface area (Å²) in [5.74, 6) is -1.45. The fourth-order valence-electron chi connectivity index (χ4n) is 3.03. The van der Waals surface area contributed by atoms with E-state index in [1.165, 1.54) is 12.0 Å². The van der Waals surface area contributed by atoms with Gasteiger partial charge in [-0.2, -0.15) is 0 Å². The van der Waals surface area contributed by atoms with Crippen LogP contribution in [-0.2, 0) is 30.2 Å². The number of hydrogen-bond acceptors (Lipinski definition) is 5. The van der Waals surface area contributed by atoms with Gasteiger partial charge in [-0.25, -0.2) is 4.79 Å². The fourth-order valence-corrected chi connectivity index (χ4v) is 3.30. The molecule has 0 bridgehead atoms. The minimum absolute atomic E-state index is 0.140. The molecule has 0 aromatic heterocycles. The molecule has 1 amide bonds. The third kappa shape index (κ3) is 3.41. The van der Waals surface area contributed by atoms with Crippen molar-refractivity contribution in [3.8, 4) is 0 Å². The average molecular weight is 384 g/mol. The highest BCUT2D eigenvalue weighted by molar-refractivity contribution is 9.10. The smallest absolute Gasteiger partial charge is 0.328 e. The molecule has 1 spiro atoms. The van der Waals surface area contributed by atoms with Gasteiger partial charge in [-0.1, -0.05) is 28.1 Å². The Morgan fingerprint density at radius 2 is 1.96 bits per heavy atom. The first-order chi connectivity index (χ1) is 11.0. The summed E-state index contributed by atoms with van der Waals surface area (Å²) in [6.07, 6.45) is 0.530. The lowest BCUT2D eigenvalue weighted by Crippen LogP contribution is -2.42. The lowest BCUT2D eigenvalue weighted by atomic mass is 10.1. The minimum atomic E-state index is -0.867. The van der Waals surface area contributed by atoms with Gasteiger partial charge in [0.15, 0.2) is 5.79 Å². The standard InChI is InChI=1S/C16H18BrNO5/c1-21-15(20)13-9-16(22-6-7-23-16)10-18(13)14(19)8-11-2-4-12(17)5-3-11/h2-5,13H,6-10H2,1H3. The van der Waals surface area contributed by atoms with Gasteiger partial charge >= 0.3 is 5.97 Å². The summed E-state index contributed by atoms with van der Waals surface area (Å²) in [6.45, 7) is 1.20. The first-order valence-electron chi connectivity index (χ1n) is 7.43. The molecule has 7 heteroatoms. The van der Waals surface area contributed by atoms with Crippen molar-refractivity contribution in [1.29, 1.82) is 0 Å². The Hall–Kier alpha value is -1.44. The van der Waals surface area contributed by atoms with E-state index in [0.717, 1.165) is 10.0 Å². The number of benzene rings is 1. The summed E-state index contributed by atoms with van der Waals surface area (Å²) in [4.78, 5) is 26.2. The summed E-state index contributed by atoms with van der Waals surface area (Å²) >= 11 is 3.37. The normalized spacial score (nSPS) is 22.5. The van der Waals surface area contributed by atoms with E-state index in [9.17, 15) is 9.59 Å². The third-order valence-electron chi connectivity index (χ3n) is 4.17. The largest absolute Gasteiger partial charge is 0.467 e. The summed E-state index contributed by atoms with van der Waals surface area (Å²) in [5, 5.41) is 0. The van der Waals surface area contributed by atoms with Crippen LogP contribution in [0.4, 0.5) is 0 Å². The van der Waals surface area contributed by atoms with Gasteiger partial charge in [0.05, 0.1) is 33.3 Å². The van der Waals surface area contributed by atoms with Crippen LogP contribution in [0.5, 0.6) is 0 Å². The molecular weight excluding hydrogens is 366 g/mol. The van der Waals surface area contributed by atoms with Crippen molar-refractivity contribution in [1.82, 2.24) is 4.90 Å². The van der Waals surface area contributed by atoms with E-state index < -0.39 is 17.8 Å². The van der Waals surface area contributed by atoms with Crippen LogP contribution in [0.15, 0.2) is 28.7 Å². The Labute approximate surface area is 142 Å². The molecule has 1 aromatic carbocycles. The number of ether oxygens (including phenoxy) is 3. The molecule has 2 saturated heterocycles. The van der Waals surface area contributed by atoms with Crippen molar-refractivity contribution in [2.75, 3.05) is 26.9 Å². The van der Waals surface area contributed by atoms with Gasteiger partial charge in [0.1, 0.15) is 6.04 Å². The maximum atomic E-state index is 12.7. The van der Waals surface area contributed by atoms with E-state index in [2.05, 4.69) is 15.9 Å². The second-order valence-corrected chi connectivity index (χ2v) is 6.59. The van der Waals surface area contributed by atoms with Crippen LogP contribution in [0.3, 0.4) is 0 Å². The Kier molecular flexibility index (Phi) is 4.70. The van der Waals surface area contributed by atoms with Crippen LogP contribution in [0.2, 0.25) is 0 Å². The molecule has 0 N–H and O–H groups in total. The van der Waals surface area contributed by atoms with Crippen LogP contribution in [-0.4, -0.2) is 55.5 Å². The summed E-state index contributed by atoms with van der Waals surface area (Å²) < 4.78 is 17.1. The second-order valence-electron chi connectivity index (χ2n) is 5.68. The van der Waals surface area contributed by atoms with Crippen molar-refractivity contribution >= 4 is 27.8 Å². The molecule has 2 heterocycles. The number of nitrogens with zero attached hydrogens (tertiary/aromatic N) is 1. The van der Waals surface area contributed by atoms with E-state index in [-0.39, 0.29) is 18.9 Å². The molecule has 1 unspecified atom stereocenters. The molecule has 2 aliphatic rings. The maximum absolute atomic E-state index is 12.7. The van der Waals surface area contributed by atoms with Crippen LogP contribution in [0.25, 0.3) is 0 Å². The molecule has 1 atom stereocenters. The van der Waals surface area contributed by atoms with Crippen molar-refractivity contribution in [3.05, 3.63) is 34.3 Å². The molecule has 124 valence electrons. The number of esters is 1. The SMILES string of the molecule is COC(=O)C1CC2(CN1C(=O)Cc1ccc(Br)cc1)OCCO2. The highest BCUT2D eigenvalue weighted by atomic mass is 79.9. The summed E-state index contributed by atoms with van der Waals surface area (Å²) in [6, 6.07) is 6.86. The van der Waals surface area contributed by atoms with Gasteiger partial charge in [-0.15, -0.1) is 0 Å². The zero-order valence-electron chi connectivity index (χ0n) is 12.8. The fraction of sp³-hybridized carbons (Fsp3) is 0.500. The van der Waals surface area contributed by atoms with Gasteiger partial charge in [0.25, 0.3) is 0 Å². The first-order valence-corrected chi connectivity index (χ1v) is 8.22. The van der Waals surface area contributed by atoms with Crippen molar-refractivity contribution in [3.63, 3.8) is 0 Å². The molecule has 0 saturated carbocycles. The molecule has 0 aliphatic carbocycles. The Morgan fingerprint density at radius 1 is 1.30 bits per heavy atom. The predicted octanol–water partition coefficient (Wildman–Crippen LogP) is 1.51. The Balaban J connectivity index is 1.76. The van der Waals surface area contributed by atoms with Gasteiger partial charge in [-0.05, 0) is 17.7 Å². The lowest BCUT2D eigenvalue weighted by Gasteiger charge is -2.23. The molecule has 2 aliphatic heterocycles. The number of hydrogen-bond donors (Lipinski definition) is 0. The number of rotatable bonds is 3. The summed E-state index contributed by atoms with van der Waals surface area (Å²) in [5.41, 5.74) is 0.885. The quantitative estimate of drug-likeness (QED) is 0.740. The highest BCUT2D eigenvalue weighted by Gasteiger charge is 2.52. The Bertz CT molecular complexity index is 597. The zero-order valence-corrected chi connectivity index (χ0v) is 14.4. The number of halogens is 1. The van der Waals surface area contributed by atoms with Crippen LogP contribution < -0.4 is 0 Å². The lowest BCUT2D eigenvalue weighted by molar-refractivity contribution is -0.152. The average Bonchev–Trinajstić information content (AvgIpc) is 3.16. The van der Waals surface area contributed by atoms with E-state index >= 15 is 0 Å². The number of carbonyl (C=O) groups excluding carboxylic acids is 2. The van der Waals surface area contributed by atoms with E-state index in [1.807, 2.05) is 24.3 Å². The van der Waals surface area contributed by atoms with Crippen molar-refractivity contribution in [2.45, 2.75) is 24.7 Å². The van der Waals surface area contributed by atoms with Gasteiger partial charge in [0.2, 0.25) is 5.91 Å². The van der Waals surface area contributed by atoms with Crippen LogP contribution >= 0.6 is 15.9 Å².